The first-order valence-corrected chi connectivity index (χ1v) is 6.70. The summed E-state index contributed by atoms with van der Waals surface area (Å²) in [7, 11) is 0. The molecule has 0 aliphatic rings. The lowest BCUT2D eigenvalue weighted by molar-refractivity contribution is -0.123. The summed E-state index contributed by atoms with van der Waals surface area (Å²) in [6.07, 6.45) is 0.441. The van der Waals surface area contributed by atoms with Crippen LogP contribution in [-0.4, -0.2) is 19.0 Å². The van der Waals surface area contributed by atoms with E-state index in [4.69, 9.17) is 10.2 Å². The number of nitrogens with two attached hydrogens (primary N) is 1. The Labute approximate surface area is 115 Å². The van der Waals surface area contributed by atoms with Crippen molar-refractivity contribution in [1.82, 2.24) is 5.32 Å². The van der Waals surface area contributed by atoms with Crippen LogP contribution in [0, 0.1) is 12.3 Å². The van der Waals surface area contributed by atoms with Crippen LogP contribution >= 0.6 is 0 Å². The molecule has 1 aromatic rings. The van der Waals surface area contributed by atoms with E-state index >= 15 is 0 Å². The summed E-state index contributed by atoms with van der Waals surface area (Å²) in [4.78, 5) is 11.9. The SMILES string of the molecule is Cc1ccc(C(C)(C)CNC(=O)CC(C)(C)CN)o1. The number of carbonyl (C=O) groups is 1. The number of hydrogen-bond acceptors (Lipinski definition) is 3. The van der Waals surface area contributed by atoms with Gasteiger partial charge in [0.1, 0.15) is 11.5 Å². The van der Waals surface area contributed by atoms with E-state index in [0.29, 0.717) is 19.5 Å². The minimum absolute atomic E-state index is 0.0341. The number of amides is 1. The average molecular weight is 266 g/mol. The Morgan fingerprint density at radius 3 is 2.42 bits per heavy atom. The van der Waals surface area contributed by atoms with Crippen LogP contribution in [-0.2, 0) is 10.2 Å². The van der Waals surface area contributed by atoms with Crippen LogP contribution in [0.2, 0.25) is 0 Å². The van der Waals surface area contributed by atoms with E-state index < -0.39 is 0 Å². The predicted molar refractivity (Wildman–Crippen MR) is 76.9 cm³/mol. The van der Waals surface area contributed by atoms with E-state index in [2.05, 4.69) is 19.2 Å². The first kappa shape index (κ1) is 15.8. The summed E-state index contributed by atoms with van der Waals surface area (Å²) < 4.78 is 5.63. The summed E-state index contributed by atoms with van der Waals surface area (Å²) in [6, 6.07) is 3.90. The molecule has 19 heavy (non-hydrogen) atoms. The average Bonchev–Trinajstić information content (AvgIpc) is 2.74. The summed E-state index contributed by atoms with van der Waals surface area (Å²) in [5, 5.41) is 2.97. The van der Waals surface area contributed by atoms with Gasteiger partial charge in [-0.05, 0) is 31.0 Å². The Morgan fingerprint density at radius 1 is 1.32 bits per heavy atom. The molecule has 1 aromatic heterocycles. The molecule has 4 heteroatoms. The first-order chi connectivity index (χ1) is 8.66. The summed E-state index contributed by atoms with van der Waals surface area (Å²) >= 11 is 0. The van der Waals surface area contributed by atoms with E-state index in [9.17, 15) is 4.79 Å². The number of carbonyl (C=O) groups excluding carboxylic acids is 1. The normalized spacial score (nSPS) is 12.5. The molecule has 0 unspecified atom stereocenters. The minimum atomic E-state index is -0.212. The van der Waals surface area contributed by atoms with Gasteiger partial charge in [0.15, 0.2) is 0 Å². The van der Waals surface area contributed by atoms with E-state index in [-0.39, 0.29) is 16.7 Å². The second-order valence-electron chi connectivity index (χ2n) is 6.62. The standard InChI is InChI=1S/C15H26N2O2/c1-11-6-7-12(19-11)15(4,5)10-17-13(18)8-14(2,3)9-16/h6-7H,8-10,16H2,1-5H3,(H,17,18). The highest BCUT2D eigenvalue weighted by Crippen LogP contribution is 2.24. The largest absolute Gasteiger partial charge is 0.466 e. The molecular formula is C15H26N2O2. The fourth-order valence-electron chi connectivity index (χ4n) is 1.77. The van der Waals surface area contributed by atoms with Crippen molar-refractivity contribution < 1.29 is 9.21 Å². The monoisotopic (exact) mass is 266 g/mol. The third-order valence-electron chi connectivity index (χ3n) is 3.33. The molecule has 0 fully saturated rings. The lowest BCUT2D eigenvalue weighted by Crippen LogP contribution is -2.39. The Bertz CT molecular complexity index is 433. The molecule has 0 aliphatic heterocycles. The molecule has 0 atom stereocenters. The van der Waals surface area contributed by atoms with Gasteiger partial charge in [-0.3, -0.25) is 4.79 Å². The second-order valence-corrected chi connectivity index (χ2v) is 6.62. The van der Waals surface area contributed by atoms with Gasteiger partial charge >= 0.3 is 0 Å². The van der Waals surface area contributed by atoms with Gasteiger partial charge in [-0.15, -0.1) is 0 Å². The third kappa shape index (κ3) is 4.71. The van der Waals surface area contributed by atoms with Crippen molar-refractivity contribution in [1.29, 1.82) is 0 Å². The van der Waals surface area contributed by atoms with Crippen LogP contribution in [0.15, 0.2) is 16.5 Å². The summed E-state index contributed by atoms with van der Waals surface area (Å²) in [6.45, 7) is 11.1. The van der Waals surface area contributed by atoms with E-state index in [1.54, 1.807) is 0 Å². The molecule has 1 rings (SSSR count). The Balaban J connectivity index is 2.54. The van der Waals surface area contributed by atoms with Gasteiger partial charge < -0.3 is 15.5 Å². The van der Waals surface area contributed by atoms with Gasteiger partial charge in [0.05, 0.1) is 0 Å². The molecule has 4 nitrogen and oxygen atoms in total. The lowest BCUT2D eigenvalue weighted by atomic mass is 9.88. The fourth-order valence-corrected chi connectivity index (χ4v) is 1.77. The van der Waals surface area contributed by atoms with Crippen molar-refractivity contribution in [2.75, 3.05) is 13.1 Å². The Kier molecular flexibility index (Phi) is 4.80. The zero-order valence-electron chi connectivity index (χ0n) is 12.7. The molecule has 0 radical (unpaired) electrons. The van der Waals surface area contributed by atoms with Crippen molar-refractivity contribution in [3.8, 4) is 0 Å². The van der Waals surface area contributed by atoms with E-state index in [1.165, 1.54) is 0 Å². The number of rotatable bonds is 6. The number of nitrogens with one attached hydrogen (secondary N) is 1. The van der Waals surface area contributed by atoms with E-state index in [0.717, 1.165) is 11.5 Å². The van der Waals surface area contributed by atoms with Crippen molar-refractivity contribution in [3.05, 3.63) is 23.7 Å². The molecule has 0 bridgehead atoms. The van der Waals surface area contributed by atoms with Crippen molar-refractivity contribution in [2.45, 2.75) is 46.5 Å². The molecule has 0 aromatic carbocycles. The number of aryl methyl sites for hydroxylation is 1. The van der Waals surface area contributed by atoms with E-state index in [1.807, 2.05) is 32.9 Å². The van der Waals surface area contributed by atoms with Gasteiger partial charge in [-0.25, -0.2) is 0 Å². The van der Waals surface area contributed by atoms with Crippen LogP contribution < -0.4 is 11.1 Å². The van der Waals surface area contributed by atoms with Crippen LogP contribution in [0.1, 0.15) is 45.6 Å². The fraction of sp³-hybridized carbons (Fsp3) is 0.667. The predicted octanol–water partition coefficient (Wildman–Crippen LogP) is 2.36. The maximum atomic E-state index is 11.9. The molecule has 3 N–H and O–H groups in total. The molecule has 0 spiro atoms. The van der Waals surface area contributed by atoms with Gasteiger partial charge in [-0.1, -0.05) is 27.7 Å². The smallest absolute Gasteiger partial charge is 0.220 e. The van der Waals surface area contributed by atoms with Gasteiger partial charge in [0.25, 0.3) is 0 Å². The van der Waals surface area contributed by atoms with Crippen molar-refractivity contribution >= 4 is 5.91 Å². The minimum Gasteiger partial charge on any atom is -0.466 e. The lowest BCUT2D eigenvalue weighted by Gasteiger charge is -2.25. The van der Waals surface area contributed by atoms with Crippen LogP contribution in [0.4, 0.5) is 0 Å². The first-order valence-electron chi connectivity index (χ1n) is 6.70. The third-order valence-corrected chi connectivity index (χ3v) is 3.33. The molecular weight excluding hydrogens is 240 g/mol. The highest BCUT2D eigenvalue weighted by atomic mass is 16.3. The topological polar surface area (TPSA) is 68.3 Å². The van der Waals surface area contributed by atoms with Gasteiger partial charge in [0.2, 0.25) is 5.91 Å². The highest BCUT2D eigenvalue weighted by Gasteiger charge is 2.26. The molecule has 0 aliphatic carbocycles. The van der Waals surface area contributed by atoms with Crippen LogP contribution in [0.25, 0.3) is 0 Å². The zero-order valence-corrected chi connectivity index (χ0v) is 12.7. The molecule has 1 heterocycles. The Morgan fingerprint density at radius 2 is 1.95 bits per heavy atom. The molecule has 0 saturated heterocycles. The molecule has 0 saturated carbocycles. The summed E-state index contributed by atoms with van der Waals surface area (Å²) in [5.74, 6) is 1.81. The summed E-state index contributed by atoms with van der Waals surface area (Å²) in [5.41, 5.74) is 5.27. The maximum absolute atomic E-state index is 11.9. The Hall–Kier alpha value is -1.29. The second kappa shape index (κ2) is 5.78. The van der Waals surface area contributed by atoms with Crippen LogP contribution in [0.5, 0.6) is 0 Å². The van der Waals surface area contributed by atoms with Gasteiger partial charge in [-0.2, -0.15) is 0 Å². The van der Waals surface area contributed by atoms with Crippen molar-refractivity contribution in [3.63, 3.8) is 0 Å². The molecule has 108 valence electrons. The number of furan rings is 1. The molecule has 1 amide bonds. The zero-order chi connectivity index (χ0) is 14.7. The van der Waals surface area contributed by atoms with Crippen molar-refractivity contribution in [2.24, 2.45) is 11.1 Å². The quantitative estimate of drug-likeness (QED) is 0.830. The van der Waals surface area contributed by atoms with Crippen LogP contribution in [0.3, 0.4) is 0 Å². The van der Waals surface area contributed by atoms with Gasteiger partial charge in [0, 0.05) is 18.4 Å². The maximum Gasteiger partial charge on any atom is 0.220 e. The number of hydrogen-bond donors (Lipinski definition) is 2. The highest BCUT2D eigenvalue weighted by molar-refractivity contribution is 5.76.